The van der Waals surface area contributed by atoms with Crippen LogP contribution in [0, 0.1) is 0 Å². The van der Waals surface area contributed by atoms with Crippen LogP contribution >= 0.6 is 0 Å². The summed E-state index contributed by atoms with van der Waals surface area (Å²) in [5, 5.41) is 0. The summed E-state index contributed by atoms with van der Waals surface area (Å²) in [5.74, 6) is 0. The molecule has 1 aromatic heterocycles. The molecule has 0 aliphatic rings. The van der Waals surface area contributed by atoms with E-state index in [1.54, 1.807) is 16.8 Å². The minimum Gasteiger partial charge on any atom is -0.326 e. The molecule has 0 unspecified atom stereocenters. The summed E-state index contributed by atoms with van der Waals surface area (Å²) in [7, 11) is 0. The van der Waals surface area contributed by atoms with E-state index >= 15 is 0 Å². The number of nitrogens with two attached hydrogens (primary N) is 1. The number of pyridine rings is 1. The van der Waals surface area contributed by atoms with Crippen LogP contribution in [0.5, 0.6) is 0 Å². The van der Waals surface area contributed by atoms with Crippen LogP contribution in [0.15, 0.2) is 53.5 Å². The largest absolute Gasteiger partial charge is 0.326 e. The van der Waals surface area contributed by atoms with Crippen LogP contribution in [0.4, 0.5) is 0 Å². The highest BCUT2D eigenvalue weighted by Crippen LogP contribution is 2.01. The number of nitrogens with zero attached hydrogens (tertiary/aromatic N) is 1. The van der Waals surface area contributed by atoms with Crippen molar-refractivity contribution in [3.63, 3.8) is 0 Å². The van der Waals surface area contributed by atoms with Crippen LogP contribution < -0.4 is 11.3 Å². The van der Waals surface area contributed by atoms with E-state index in [0.717, 1.165) is 5.56 Å². The summed E-state index contributed by atoms with van der Waals surface area (Å²) < 4.78 is 1.68. The zero-order valence-corrected chi connectivity index (χ0v) is 8.97. The molecule has 0 aliphatic carbocycles. The molecule has 2 rings (SSSR count). The Bertz CT molecular complexity index is 517. The highest BCUT2D eigenvalue weighted by molar-refractivity contribution is 5.17. The Balaban J connectivity index is 2.32. The summed E-state index contributed by atoms with van der Waals surface area (Å²) >= 11 is 0. The lowest BCUT2D eigenvalue weighted by Crippen LogP contribution is -2.24. The first-order valence-electron chi connectivity index (χ1n) is 5.23. The highest BCUT2D eigenvalue weighted by Gasteiger charge is 2.01. The molecule has 0 spiro atoms. The number of hydrogen-bond acceptors (Lipinski definition) is 2. The van der Waals surface area contributed by atoms with Crippen molar-refractivity contribution in [2.75, 3.05) is 0 Å². The summed E-state index contributed by atoms with van der Waals surface area (Å²) in [6.07, 6.45) is 1.79. The van der Waals surface area contributed by atoms with E-state index in [-0.39, 0.29) is 12.1 Å². The molecule has 1 heterocycles. The fraction of sp³-hybridized carbons (Fsp3) is 0.154. The molecule has 16 heavy (non-hydrogen) atoms. The third kappa shape index (κ3) is 2.20. The zero-order chi connectivity index (χ0) is 11.4. The van der Waals surface area contributed by atoms with Gasteiger partial charge < -0.3 is 10.3 Å². The third-order valence-corrected chi connectivity index (χ3v) is 2.51. The van der Waals surface area contributed by atoms with E-state index in [2.05, 4.69) is 0 Å². The van der Waals surface area contributed by atoms with Crippen molar-refractivity contribution < 1.29 is 0 Å². The van der Waals surface area contributed by atoms with Gasteiger partial charge in [0.15, 0.2) is 0 Å². The third-order valence-electron chi connectivity index (χ3n) is 2.51. The summed E-state index contributed by atoms with van der Waals surface area (Å²) in [5.41, 5.74) is 7.26. The van der Waals surface area contributed by atoms with Gasteiger partial charge in [-0.2, -0.15) is 0 Å². The topological polar surface area (TPSA) is 48.0 Å². The normalized spacial score (nSPS) is 10.3. The van der Waals surface area contributed by atoms with Crippen LogP contribution in [0.25, 0.3) is 0 Å². The number of rotatable bonds is 3. The molecular formula is C13H14N2O. The molecular weight excluding hydrogens is 200 g/mol. The maximum atomic E-state index is 11.9. The van der Waals surface area contributed by atoms with E-state index in [1.165, 1.54) is 0 Å². The molecule has 82 valence electrons. The van der Waals surface area contributed by atoms with Gasteiger partial charge in [0, 0.05) is 18.3 Å². The maximum absolute atomic E-state index is 11.9. The van der Waals surface area contributed by atoms with E-state index < -0.39 is 0 Å². The first-order valence-corrected chi connectivity index (χ1v) is 5.23. The molecule has 0 saturated heterocycles. The van der Waals surface area contributed by atoms with Gasteiger partial charge in [0.2, 0.25) is 0 Å². The maximum Gasteiger partial charge on any atom is 0.255 e. The molecule has 0 bridgehead atoms. The van der Waals surface area contributed by atoms with Gasteiger partial charge in [-0.25, -0.2) is 0 Å². The second-order valence-corrected chi connectivity index (χ2v) is 3.66. The van der Waals surface area contributed by atoms with Crippen molar-refractivity contribution in [1.82, 2.24) is 4.57 Å². The smallest absolute Gasteiger partial charge is 0.255 e. The van der Waals surface area contributed by atoms with Crippen molar-refractivity contribution in [3.05, 3.63) is 70.1 Å². The van der Waals surface area contributed by atoms with E-state index in [9.17, 15) is 4.79 Å². The Morgan fingerprint density at radius 3 is 2.50 bits per heavy atom. The van der Waals surface area contributed by atoms with Gasteiger partial charge in [-0.3, -0.25) is 4.79 Å². The minimum absolute atomic E-state index is 0.00569. The molecule has 2 aromatic rings. The van der Waals surface area contributed by atoms with Gasteiger partial charge in [0.25, 0.3) is 5.56 Å². The van der Waals surface area contributed by atoms with Gasteiger partial charge in [-0.1, -0.05) is 36.4 Å². The highest BCUT2D eigenvalue weighted by atomic mass is 16.1. The number of hydrogen-bond donors (Lipinski definition) is 1. The molecule has 0 atom stereocenters. The second-order valence-electron chi connectivity index (χ2n) is 3.66. The standard InChI is InChI=1S/C13H14N2O/c14-9-12-7-4-8-15(13(12)16)10-11-5-2-1-3-6-11/h1-8H,9-10,14H2. The molecule has 2 N–H and O–H groups in total. The predicted octanol–water partition coefficient (Wildman–Crippen LogP) is 1.36. The summed E-state index contributed by atoms with van der Waals surface area (Å²) in [6, 6.07) is 13.5. The molecule has 0 fully saturated rings. The van der Waals surface area contributed by atoms with Crippen LogP contribution in [0.1, 0.15) is 11.1 Å². The van der Waals surface area contributed by atoms with Crippen LogP contribution in [-0.2, 0) is 13.1 Å². The first-order chi connectivity index (χ1) is 7.81. The van der Waals surface area contributed by atoms with Gasteiger partial charge in [0.1, 0.15) is 0 Å². The molecule has 3 nitrogen and oxygen atoms in total. The van der Waals surface area contributed by atoms with Crippen molar-refractivity contribution >= 4 is 0 Å². The van der Waals surface area contributed by atoms with Crippen LogP contribution in [-0.4, -0.2) is 4.57 Å². The summed E-state index contributed by atoms with van der Waals surface area (Å²) in [6.45, 7) is 0.877. The fourth-order valence-electron chi connectivity index (χ4n) is 1.65. The number of benzene rings is 1. The van der Waals surface area contributed by atoms with E-state index in [4.69, 9.17) is 5.73 Å². The first kappa shape index (κ1) is 10.6. The lowest BCUT2D eigenvalue weighted by molar-refractivity contribution is 0.744. The molecule has 1 aromatic carbocycles. The molecule has 0 radical (unpaired) electrons. The van der Waals surface area contributed by atoms with Gasteiger partial charge >= 0.3 is 0 Å². The van der Waals surface area contributed by atoms with Crippen LogP contribution in [0.3, 0.4) is 0 Å². The minimum atomic E-state index is -0.00569. The van der Waals surface area contributed by atoms with Gasteiger partial charge in [-0.05, 0) is 11.6 Å². The van der Waals surface area contributed by atoms with Crippen molar-refractivity contribution in [2.24, 2.45) is 5.73 Å². The van der Waals surface area contributed by atoms with Crippen molar-refractivity contribution in [1.29, 1.82) is 0 Å². The SMILES string of the molecule is NCc1cccn(Cc2ccccc2)c1=O. The number of aromatic nitrogens is 1. The van der Waals surface area contributed by atoms with Crippen molar-refractivity contribution in [2.45, 2.75) is 13.1 Å². The Hall–Kier alpha value is -1.87. The zero-order valence-electron chi connectivity index (χ0n) is 8.97. The van der Waals surface area contributed by atoms with Crippen LogP contribution in [0.2, 0.25) is 0 Å². The fourth-order valence-corrected chi connectivity index (χ4v) is 1.65. The average molecular weight is 214 g/mol. The Morgan fingerprint density at radius 1 is 1.06 bits per heavy atom. The molecule has 0 amide bonds. The average Bonchev–Trinajstić information content (AvgIpc) is 2.33. The predicted molar refractivity (Wildman–Crippen MR) is 64.1 cm³/mol. The monoisotopic (exact) mass is 214 g/mol. The Morgan fingerprint density at radius 2 is 1.81 bits per heavy atom. The molecule has 3 heteroatoms. The van der Waals surface area contributed by atoms with Crippen molar-refractivity contribution in [3.8, 4) is 0 Å². The molecule has 0 saturated carbocycles. The van der Waals surface area contributed by atoms with E-state index in [1.807, 2.05) is 36.4 Å². The second kappa shape index (κ2) is 4.77. The van der Waals surface area contributed by atoms with Gasteiger partial charge in [-0.15, -0.1) is 0 Å². The Kier molecular flexibility index (Phi) is 3.17. The molecule has 0 aliphatic heterocycles. The lowest BCUT2D eigenvalue weighted by atomic mass is 10.2. The summed E-state index contributed by atoms with van der Waals surface area (Å²) in [4.78, 5) is 11.9. The van der Waals surface area contributed by atoms with E-state index in [0.29, 0.717) is 12.1 Å². The van der Waals surface area contributed by atoms with Gasteiger partial charge in [0.05, 0.1) is 6.54 Å². The Labute approximate surface area is 94.1 Å². The lowest BCUT2D eigenvalue weighted by Gasteiger charge is -2.06. The quantitative estimate of drug-likeness (QED) is 0.838.